The summed E-state index contributed by atoms with van der Waals surface area (Å²) in [7, 11) is 0. The van der Waals surface area contributed by atoms with Crippen LogP contribution in [0.15, 0.2) is 105 Å². The first-order valence-corrected chi connectivity index (χ1v) is 16.1. The predicted molar refractivity (Wildman–Crippen MR) is 175 cm³/mol. The molecule has 47 heavy (non-hydrogen) atoms. The van der Waals surface area contributed by atoms with E-state index >= 15 is 0 Å². The molecule has 0 unspecified atom stereocenters. The van der Waals surface area contributed by atoms with Gasteiger partial charge in [-0.05, 0) is 71.8 Å². The number of amides is 1. The highest BCUT2D eigenvalue weighted by Crippen LogP contribution is 2.44. The summed E-state index contributed by atoms with van der Waals surface area (Å²) in [4.78, 5) is 19.2. The molecule has 1 amide bonds. The minimum absolute atomic E-state index is 0.00731. The lowest BCUT2D eigenvalue weighted by atomic mass is 9.82. The monoisotopic (exact) mass is 777 g/mol. The number of ether oxygens (including phenoxy) is 2. The lowest BCUT2D eigenvalue weighted by molar-refractivity contribution is -0.138. The zero-order valence-corrected chi connectivity index (χ0v) is 27.8. The zero-order valence-electron chi connectivity index (χ0n) is 24.7. The van der Waals surface area contributed by atoms with Crippen LogP contribution in [0.4, 0.5) is 17.6 Å². The average molecular weight is 779 g/mol. The van der Waals surface area contributed by atoms with Crippen LogP contribution in [0.2, 0.25) is 0 Å². The molecule has 0 saturated heterocycles. The molecule has 5 rings (SSSR count). The molecule has 0 saturated carbocycles. The van der Waals surface area contributed by atoms with Crippen molar-refractivity contribution in [2.45, 2.75) is 37.2 Å². The molecule has 4 aromatic carbocycles. The number of benzene rings is 4. The van der Waals surface area contributed by atoms with Gasteiger partial charge in [-0.1, -0.05) is 62.2 Å². The standard InChI is InChI=1S/C34H29Br2F4N3O4/c35-25-10-6-21(7-11-25)19-33(32(45)43-41-20-22-16-24(34(38,39)40)18-26(37)17-22)30(28-4-1-2-5-29(28)36)47-31(42-33)23-8-12-27(13-9-23)46-15-3-14-44/h1-2,4-13,16-18,30,41,44H,3,14-15,19-20H2,(H,43,45)/t30-,33-/m0/s1. The lowest BCUT2D eigenvalue weighted by Crippen LogP contribution is -2.53. The van der Waals surface area contributed by atoms with Gasteiger partial charge in [0.05, 0.1) is 12.2 Å². The van der Waals surface area contributed by atoms with Crippen LogP contribution < -0.4 is 15.6 Å². The van der Waals surface area contributed by atoms with Gasteiger partial charge in [-0.2, -0.15) is 13.2 Å². The summed E-state index contributed by atoms with van der Waals surface area (Å²) < 4.78 is 67.5. The van der Waals surface area contributed by atoms with Gasteiger partial charge in [-0.3, -0.25) is 10.2 Å². The van der Waals surface area contributed by atoms with E-state index in [1.807, 2.05) is 48.5 Å². The maximum atomic E-state index is 14.3. The quantitative estimate of drug-likeness (QED) is 0.0790. The third kappa shape index (κ3) is 8.39. The summed E-state index contributed by atoms with van der Waals surface area (Å²) in [5, 5.41) is 9.04. The summed E-state index contributed by atoms with van der Waals surface area (Å²) in [6.07, 6.45) is -5.11. The smallest absolute Gasteiger partial charge is 0.416 e. The number of alkyl halides is 3. The molecule has 1 heterocycles. The Morgan fingerprint density at radius 1 is 0.979 bits per heavy atom. The molecular formula is C34H29Br2F4N3O4. The van der Waals surface area contributed by atoms with Crippen molar-refractivity contribution in [3.8, 4) is 5.75 Å². The minimum atomic E-state index is -4.73. The van der Waals surface area contributed by atoms with Crippen LogP contribution in [-0.2, 0) is 28.7 Å². The Morgan fingerprint density at radius 2 is 1.70 bits per heavy atom. The molecule has 0 bridgehead atoms. The minimum Gasteiger partial charge on any atom is -0.494 e. The van der Waals surface area contributed by atoms with Gasteiger partial charge in [0, 0.05) is 46.1 Å². The Morgan fingerprint density at radius 3 is 2.38 bits per heavy atom. The number of nitrogens with zero attached hydrogens (tertiary/aromatic N) is 1. The van der Waals surface area contributed by atoms with Crippen molar-refractivity contribution in [1.29, 1.82) is 0 Å². The highest BCUT2D eigenvalue weighted by atomic mass is 79.9. The summed E-state index contributed by atoms with van der Waals surface area (Å²) in [5.74, 6) is -0.892. The number of rotatable bonds is 12. The van der Waals surface area contributed by atoms with Gasteiger partial charge in [0.15, 0.2) is 11.6 Å². The Kier molecular flexibility index (Phi) is 11.0. The number of aliphatic hydroxyl groups is 1. The van der Waals surface area contributed by atoms with Crippen LogP contribution in [0.3, 0.4) is 0 Å². The number of hydrazine groups is 1. The fraction of sp³-hybridized carbons (Fsp3) is 0.235. The van der Waals surface area contributed by atoms with E-state index in [4.69, 9.17) is 19.6 Å². The van der Waals surface area contributed by atoms with Gasteiger partial charge in [-0.15, -0.1) is 0 Å². The fourth-order valence-corrected chi connectivity index (χ4v) is 5.87. The van der Waals surface area contributed by atoms with Crippen LogP contribution in [0.1, 0.15) is 40.3 Å². The normalized spacial score (nSPS) is 17.6. The van der Waals surface area contributed by atoms with Gasteiger partial charge in [0.2, 0.25) is 5.90 Å². The molecule has 0 spiro atoms. The second-order valence-electron chi connectivity index (χ2n) is 10.8. The van der Waals surface area contributed by atoms with Crippen molar-refractivity contribution in [2.24, 2.45) is 4.99 Å². The summed E-state index contributed by atoms with van der Waals surface area (Å²) in [6, 6.07) is 23.8. The van der Waals surface area contributed by atoms with Gasteiger partial charge in [0.25, 0.3) is 5.91 Å². The van der Waals surface area contributed by atoms with Crippen molar-refractivity contribution in [3.63, 3.8) is 0 Å². The molecule has 3 N–H and O–H groups in total. The Hall–Kier alpha value is -3.78. The van der Waals surface area contributed by atoms with Gasteiger partial charge in [-0.25, -0.2) is 14.8 Å². The first-order chi connectivity index (χ1) is 22.5. The molecule has 0 fully saturated rings. The summed E-state index contributed by atoms with van der Waals surface area (Å²) in [6.45, 7) is 0.0528. The molecule has 4 aromatic rings. The third-order valence-electron chi connectivity index (χ3n) is 7.38. The molecule has 0 aromatic heterocycles. The van der Waals surface area contributed by atoms with Crippen molar-refractivity contribution in [3.05, 3.63) is 134 Å². The number of carbonyl (C=O) groups excluding carboxylic acids is 1. The van der Waals surface area contributed by atoms with E-state index in [0.29, 0.717) is 40.4 Å². The fourth-order valence-electron chi connectivity index (χ4n) is 5.11. The average Bonchev–Trinajstić information content (AvgIpc) is 3.42. The van der Waals surface area contributed by atoms with Gasteiger partial charge < -0.3 is 14.6 Å². The molecule has 2 atom stereocenters. The second-order valence-corrected chi connectivity index (χ2v) is 12.5. The maximum absolute atomic E-state index is 14.3. The molecular weight excluding hydrogens is 750 g/mol. The van der Waals surface area contributed by atoms with Gasteiger partial charge >= 0.3 is 6.18 Å². The van der Waals surface area contributed by atoms with Crippen LogP contribution in [0.5, 0.6) is 5.75 Å². The topological polar surface area (TPSA) is 92.2 Å². The van der Waals surface area contributed by atoms with E-state index in [0.717, 1.165) is 22.2 Å². The van der Waals surface area contributed by atoms with Crippen molar-refractivity contribution in [1.82, 2.24) is 10.9 Å². The molecule has 246 valence electrons. The molecule has 1 aliphatic heterocycles. The van der Waals surface area contributed by atoms with Crippen LogP contribution >= 0.6 is 31.9 Å². The van der Waals surface area contributed by atoms with Crippen LogP contribution in [0.25, 0.3) is 0 Å². The zero-order chi connectivity index (χ0) is 33.6. The Bertz CT molecular complexity index is 1740. The number of halogens is 6. The van der Waals surface area contributed by atoms with Crippen molar-refractivity contribution >= 4 is 43.7 Å². The summed E-state index contributed by atoms with van der Waals surface area (Å²) in [5.41, 5.74) is 4.50. The van der Waals surface area contributed by atoms with Crippen LogP contribution in [-0.4, -0.2) is 35.7 Å². The highest BCUT2D eigenvalue weighted by Gasteiger charge is 2.54. The number of aliphatic imine (C=N–C) groups is 1. The van der Waals surface area contributed by atoms with E-state index in [9.17, 15) is 22.4 Å². The largest absolute Gasteiger partial charge is 0.494 e. The first kappa shape index (κ1) is 34.6. The maximum Gasteiger partial charge on any atom is 0.416 e. The van der Waals surface area contributed by atoms with E-state index < -0.39 is 35.1 Å². The van der Waals surface area contributed by atoms with E-state index in [1.165, 1.54) is 0 Å². The first-order valence-electron chi connectivity index (χ1n) is 14.5. The second kappa shape index (κ2) is 15.0. The van der Waals surface area contributed by atoms with E-state index in [1.54, 1.807) is 24.3 Å². The Balaban J connectivity index is 1.51. The molecule has 7 nitrogen and oxygen atoms in total. The number of hydrogen-bond acceptors (Lipinski definition) is 6. The van der Waals surface area contributed by atoms with E-state index in [2.05, 4.69) is 42.7 Å². The molecule has 1 aliphatic rings. The Labute approximate surface area is 285 Å². The predicted octanol–water partition coefficient (Wildman–Crippen LogP) is 7.45. The highest BCUT2D eigenvalue weighted by molar-refractivity contribution is 9.10. The molecule has 0 radical (unpaired) electrons. The lowest BCUT2D eigenvalue weighted by Gasteiger charge is -2.31. The SMILES string of the molecule is O=C(NNCc1cc(F)cc(C(F)(F)F)c1)[C@@]1(Cc2ccc(Br)cc2)N=C(c2ccc(OCCCO)cc2)O[C@H]1c1ccccc1Br. The number of aliphatic hydroxyl groups excluding tert-OH is 1. The summed E-state index contributed by atoms with van der Waals surface area (Å²) >= 11 is 7.02. The van der Waals surface area contributed by atoms with E-state index in [-0.39, 0.29) is 31.0 Å². The molecule has 0 aliphatic carbocycles. The van der Waals surface area contributed by atoms with Crippen molar-refractivity contribution < 1.29 is 36.9 Å². The number of hydrogen-bond donors (Lipinski definition) is 3. The van der Waals surface area contributed by atoms with Crippen molar-refractivity contribution in [2.75, 3.05) is 13.2 Å². The number of nitrogens with one attached hydrogen (secondary N) is 2. The third-order valence-corrected chi connectivity index (χ3v) is 8.63. The molecule has 13 heteroatoms. The number of carbonyl (C=O) groups is 1. The van der Waals surface area contributed by atoms with Gasteiger partial charge in [0.1, 0.15) is 11.6 Å². The van der Waals surface area contributed by atoms with Crippen LogP contribution in [0, 0.1) is 5.82 Å².